The van der Waals surface area contributed by atoms with Gasteiger partial charge in [-0.05, 0) is 49.8 Å². The fourth-order valence-corrected chi connectivity index (χ4v) is 3.09. The summed E-state index contributed by atoms with van der Waals surface area (Å²) >= 11 is 0. The molecule has 1 aliphatic heterocycles. The van der Waals surface area contributed by atoms with E-state index in [1.165, 1.54) is 18.4 Å². The number of fused-ring (bicyclic) bond motifs is 2. The molecule has 3 N–H and O–H groups in total. The summed E-state index contributed by atoms with van der Waals surface area (Å²) in [5, 5.41) is 22.9. The van der Waals surface area contributed by atoms with Crippen LogP contribution in [-0.2, 0) is 12.8 Å². The van der Waals surface area contributed by atoms with Crippen molar-refractivity contribution in [2.45, 2.75) is 31.7 Å². The van der Waals surface area contributed by atoms with Gasteiger partial charge >= 0.3 is 0 Å². The Kier molecular flexibility index (Phi) is 2.28. The summed E-state index contributed by atoms with van der Waals surface area (Å²) in [5.41, 5.74) is 2.15. The molecule has 3 rings (SSSR count). The van der Waals surface area contributed by atoms with Gasteiger partial charge in [-0.15, -0.1) is 0 Å². The van der Waals surface area contributed by atoms with Crippen LogP contribution in [0.5, 0.6) is 11.5 Å². The van der Waals surface area contributed by atoms with E-state index < -0.39 is 0 Å². The minimum Gasteiger partial charge on any atom is -0.504 e. The number of aromatic hydroxyl groups is 2. The van der Waals surface area contributed by atoms with Gasteiger partial charge in [-0.2, -0.15) is 0 Å². The van der Waals surface area contributed by atoms with Gasteiger partial charge in [0, 0.05) is 11.6 Å². The van der Waals surface area contributed by atoms with Crippen LogP contribution in [0.25, 0.3) is 0 Å². The Morgan fingerprint density at radius 1 is 1.19 bits per heavy atom. The van der Waals surface area contributed by atoms with Crippen molar-refractivity contribution in [1.29, 1.82) is 0 Å². The second kappa shape index (κ2) is 3.67. The summed E-state index contributed by atoms with van der Waals surface area (Å²) in [6.07, 6.45) is 4.32. The van der Waals surface area contributed by atoms with Crippen LogP contribution in [0.4, 0.5) is 0 Å². The average molecular weight is 219 g/mol. The molecule has 1 unspecified atom stereocenters. The van der Waals surface area contributed by atoms with Crippen molar-refractivity contribution in [3.63, 3.8) is 0 Å². The summed E-state index contributed by atoms with van der Waals surface area (Å²) in [5.74, 6) is 0.733. The first-order chi connectivity index (χ1) is 7.75. The lowest BCUT2D eigenvalue weighted by atomic mass is 9.76. The van der Waals surface area contributed by atoms with Crippen LogP contribution >= 0.6 is 0 Å². The van der Waals surface area contributed by atoms with Crippen molar-refractivity contribution in [2.24, 2.45) is 5.92 Å². The minimum absolute atomic E-state index is 0.0148. The smallest absolute Gasteiger partial charge is 0.160 e. The van der Waals surface area contributed by atoms with Crippen LogP contribution in [0, 0.1) is 5.92 Å². The van der Waals surface area contributed by atoms with Crippen LogP contribution in [0.3, 0.4) is 0 Å². The maximum atomic E-state index is 9.86. The Labute approximate surface area is 95.1 Å². The molecular formula is C13H17NO2. The van der Waals surface area contributed by atoms with Crippen LogP contribution < -0.4 is 5.32 Å². The molecule has 0 bridgehead atoms. The van der Waals surface area contributed by atoms with Gasteiger partial charge in [0.05, 0.1) is 0 Å². The highest BCUT2D eigenvalue weighted by Crippen LogP contribution is 2.39. The monoisotopic (exact) mass is 219 g/mol. The van der Waals surface area contributed by atoms with Gasteiger partial charge in [0.2, 0.25) is 0 Å². The highest BCUT2D eigenvalue weighted by molar-refractivity contribution is 5.50. The van der Waals surface area contributed by atoms with Gasteiger partial charge < -0.3 is 15.5 Å². The summed E-state index contributed by atoms with van der Waals surface area (Å²) in [6.45, 7) is 1.11. The fourth-order valence-electron chi connectivity index (χ4n) is 3.09. The van der Waals surface area contributed by atoms with E-state index in [0.29, 0.717) is 12.0 Å². The molecule has 0 radical (unpaired) electrons. The molecule has 1 fully saturated rings. The Balaban J connectivity index is 1.98. The normalized spacial score (nSPS) is 28.2. The van der Waals surface area contributed by atoms with Gasteiger partial charge in [0.25, 0.3) is 0 Å². The maximum Gasteiger partial charge on any atom is 0.160 e. The Bertz CT molecular complexity index is 417. The Hall–Kier alpha value is -1.22. The lowest BCUT2D eigenvalue weighted by Gasteiger charge is -2.37. The van der Waals surface area contributed by atoms with E-state index in [1.807, 2.05) is 6.07 Å². The van der Waals surface area contributed by atoms with E-state index >= 15 is 0 Å². The van der Waals surface area contributed by atoms with E-state index in [0.717, 1.165) is 24.9 Å². The van der Waals surface area contributed by atoms with Gasteiger partial charge in [-0.3, -0.25) is 0 Å². The molecule has 1 heterocycles. The van der Waals surface area contributed by atoms with Crippen LogP contribution in [-0.4, -0.2) is 22.8 Å². The first kappa shape index (κ1) is 9.97. The molecule has 3 nitrogen and oxygen atoms in total. The quantitative estimate of drug-likeness (QED) is 0.580. The summed E-state index contributed by atoms with van der Waals surface area (Å²) in [6, 6.07) is 4.10. The van der Waals surface area contributed by atoms with Crippen LogP contribution in [0.15, 0.2) is 12.1 Å². The molecule has 86 valence electrons. The molecule has 1 saturated heterocycles. The zero-order valence-electron chi connectivity index (χ0n) is 9.24. The molecule has 3 heteroatoms. The number of piperidine rings is 1. The van der Waals surface area contributed by atoms with E-state index in [2.05, 4.69) is 5.32 Å². The van der Waals surface area contributed by atoms with Crippen molar-refractivity contribution in [3.8, 4) is 11.5 Å². The average Bonchev–Trinajstić information content (AvgIpc) is 2.32. The van der Waals surface area contributed by atoms with Gasteiger partial charge in [-0.1, -0.05) is 6.07 Å². The molecule has 2 aliphatic rings. The molecule has 1 aromatic carbocycles. The number of hydrogen-bond donors (Lipinski definition) is 3. The Morgan fingerprint density at radius 2 is 2.06 bits per heavy atom. The molecule has 1 aromatic rings. The number of hydrogen-bond acceptors (Lipinski definition) is 3. The number of phenols is 2. The summed E-state index contributed by atoms with van der Waals surface area (Å²) < 4.78 is 0. The SMILES string of the molecule is Oc1ccc2c(c1O)C[C@H]1CCCNC1C2. The topological polar surface area (TPSA) is 52.5 Å². The molecule has 0 saturated carbocycles. The van der Waals surface area contributed by atoms with Crippen LogP contribution in [0.1, 0.15) is 24.0 Å². The van der Waals surface area contributed by atoms with Crippen molar-refractivity contribution in [1.82, 2.24) is 5.32 Å². The van der Waals surface area contributed by atoms with Crippen molar-refractivity contribution in [2.75, 3.05) is 6.54 Å². The summed E-state index contributed by atoms with van der Waals surface area (Å²) in [7, 11) is 0. The van der Waals surface area contributed by atoms with Gasteiger partial charge in [-0.25, -0.2) is 0 Å². The molecule has 2 atom stereocenters. The lowest BCUT2D eigenvalue weighted by Crippen LogP contribution is -2.45. The highest BCUT2D eigenvalue weighted by Gasteiger charge is 2.32. The molecule has 0 spiro atoms. The highest BCUT2D eigenvalue weighted by atomic mass is 16.3. The van der Waals surface area contributed by atoms with Crippen LogP contribution in [0.2, 0.25) is 0 Å². The van der Waals surface area contributed by atoms with E-state index in [1.54, 1.807) is 6.07 Å². The largest absolute Gasteiger partial charge is 0.504 e. The second-order valence-corrected chi connectivity index (χ2v) is 4.94. The minimum atomic E-state index is 0.0148. The number of nitrogens with one attached hydrogen (secondary N) is 1. The zero-order chi connectivity index (χ0) is 11.1. The first-order valence-corrected chi connectivity index (χ1v) is 6.02. The standard InChI is InChI=1S/C13H17NO2/c15-12-4-3-8-7-11-9(2-1-5-14-11)6-10(8)13(12)16/h3-4,9,11,14-16H,1-2,5-7H2/t9-,11?/m1/s1. The predicted molar refractivity (Wildman–Crippen MR) is 61.7 cm³/mol. The van der Waals surface area contributed by atoms with Crippen molar-refractivity contribution < 1.29 is 10.2 Å². The first-order valence-electron chi connectivity index (χ1n) is 6.02. The third-order valence-electron chi connectivity index (χ3n) is 3.99. The van der Waals surface area contributed by atoms with Crippen molar-refractivity contribution >= 4 is 0 Å². The van der Waals surface area contributed by atoms with Gasteiger partial charge in [0.1, 0.15) is 0 Å². The fraction of sp³-hybridized carbons (Fsp3) is 0.538. The number of benzene rings is 1. The molecular weight excluding hydrogens is 202 g/mol. The second-order valence-electron chi connectivity index (χ2n) is 4.94. The van der Waals surface area contributed by atoms with E-state index in [4.69, 9.17) is 0 Å². The third-order valence-corrected chi connectivity index (χ3v) is 3.99. The third kappa shape index (κ3) is 1.47. The van der Waals surface area contributed by atoms with E-state index in [9.17, 15) is 10.2 Å². The Morgan fingerprint density at radius 3 is 2.94 bits per heavy atom. The van der Waals surface area contributed by atoms with Gasteiger partial charge in [0.15, 0.2) is 11.5 Å². The molecule has 16 heavy (non-hydrogen) atoms. The number of phenolic OH excluding ortho intramolecular Hbond substituents is 2. The maximum absolute atomic E-state index is 9.86. The zero-order valence-corrected chi connectivity index (χ0v) is 9.24. The number of rotatable bonds is 0. The van der Waals surface area contributed by atoms with E-state index in [-0.39, 0.29) is 11.5 Å². The predicted octanol–water partition coefficient (Wildman–Crippen LogP) is 1.56. The molecule has 0 amide bonds. The lowest BCUT2D eigenvalue weighted by molar-refractivity contribution is 0.259. The molecule has 1 aliphatic carbocycles. The van der Waals surface area contributed by atoms with Crippen molar-refractivity contribution in [3.05, 3.63) is 23.3 Å². The molecule has 0 aromatic heterocycles. The summed E-state index contributed by atoms with van der Waals surface area (Å²) in [4.78, 5) is 0.